The first kappa shape index (κ1) is 29.5. The molecule has 0 spiro atoms. The van der Waals surface area contributed by atoms with Gasteiger partial charge in [-0.2, -0.15) is 4.72 Å². The van der Waals surface area contributed by atoms with Crippen molar-refractivity contribution in [2.75, 3.05) is 7.11 Å². The molecule has 1 atom stereocenters. The maximum absolute atomic E-state index is 12.7. The van der Waals surface area contributed by atoms with Crippen LogP contribution in [0, 0.1) is 5.92 Å². The van der Waals surface area contributed by atoms with Gasteiger partial charge in [-0.3, -0.25) is 9.59 Å². The third-order valence-corrected chi connectivity index (χ3v) is 8.00. The molecule has 0 aromatic heterocycles. The highest BCUT2D eigenvalue weighted by Gasteiger charge is 2.28. The van der Waals surface area contributed by atoms with Gasteiger partial charge in [-0.05, 0) is 83.3 Å². The minimum atomic E-state index is -3.98. The Morgan fingerprint density at radius 2 is 1.24 bits per heavy atom. The summed E-state index contributed by atoms with van der Waals surface area (Å²) in [5.74, 6) is -0.391. The van der Waals surface area contributed by atoms with Crippen molar-refractivity contribution in [3.63, 3.8) is 0 Å². The van der Waals surface area contributed by atoms with E-state index in [1.54, 1.807) is 81.6 Å². The summed E-state index contributed by atoms with van der Waals surface area (Å²) in [6, 6.07) is 26.7. The molecule has 0 saturated heterocycles. The Kier molecular flexibility index (Phi) is 9.21. The number of carboxylic acids is 1. The maximum atomic E-state index is 12.7. The minimum absolute atomic E-state index is 0.00473. The van der Waals surface area contributed by atoms with E-state index >= 15 is 0 Å². The molecule has 4 rings (SSSR count). The van der Waals surface area contributed by atoms with Crippen LogP contribution < -0.4 is 14.2 Å². The van der Waals surface area contributed by atoms with Crippen LogP contribution >= 0.6 is 0 Å². The largest absolute Gasteiger partial charge is 0.497 e. The van der Waals surface area contributed by atoms with Crippen molar-refractivity contribution in [3.05, 3.63) is 114 Å². The fourth-order valence-corrected chi connectivity index (χ4v) is 5.44. The standard InChI is InChI=1S/C32H31NO7S/c1-21(2)30(32(35)36)33-41(37,38)29-18-12-24(13-19-29)23-6-4-22(5-7-23)20-40-28-16-10-26(11-17-28)31(34)25-8-14-27(39-3)15-9-25/h4-19,21,30,33H,20H2,1-3H3,(H,35,36)/t30-/m1/s1. The van der Waals surface area contributed by atoms with Gasteiger partial charge in [-0.15, -0.1) is 0 Å². The molecule has 41 heavy (non-hydrogen) atoms. The first-order chi connectivity index (χ1) is 19.6. The molecule has 0 saturated carbocycles. The number of benzene rings is 4. The molecule has 212 valence electrons. The lowest BCUT2D eigenvalue weighted by Gasteiger charge is -2.18. The SMILES string of the molecule is COc1ccc(C(=O)c2ccc(OCc3ccc(-c4ccc(S(=O)(=O)N[C@@H](C(=O)O)C(C)C)cc4)cc3)cc2)cc1. The molecule has 0 aliphatic rings. The molecule has 2 N–H and O–H groups in total. The summed E-state index contributed by atoms with van der Waals surface area (Å²) >= 11 is 0. The summed E-state index contributed by atoms with van der Waals surface area (Å²) in [5, 5.41) is 9.30. The number of sulfonamides is 1. The Hall–Kier alpha value is -4.47. The first-order valence-corrected chi connectivity index (χ1v) is 14.4. The Labute approximate surface area is 239 Å². The van der Waals surface area contributed by atoms with E-state index in [9.17, 15) is 23.1 Å². The van der Waals surface area contributed by atoms with Gasteiger partial charge in [0.1, 0.15) is 24.1 Å². The Bertz CT molecular complexity index is 1600. The van der Waals surface area contributed by atoms with Crippen LogP contribution in [0.1, 0.15) is 35.3 Å². The van der Waals surface area contributed by atoms with Crippen molar-refractivity contribution in [3.8, 4) is 22.6 Å². The average Bonchev–Trinajstić information content (AvgIpc) is 2.99. The lowest BCUT2D eigenvalue weighted by molar-refractivity contribution is -0.140. The number of ketones is 1. The molecule has 0 aliphatic heterocycles. The predicted octanol–water partition coefficient (Wildman–Crippen LogP) is 5.56. The van der Waals surface area contributed by atoms with E-state index in [4.69, 9.17) is 9.47 Å². The van der Waals surface area contributed by atoms with Crippen molar-refractivity contribution in [1.82, 2.24) is 4.72 Å². The van der Waals surface area contributed by atoms with Gasteiger partial charge in [0.05, 0.1) is 12.0 Å². The highest BCUT2D eigenvalue weighted by Crippen LogP contribution is 2.24. The van der Waals surface area contributed by atoms with E-state index in [2.05, 4.69) is 4.72 Å². The van der Waals surface area contributed by atoms with Gasteiger partial charge in [0.15, 0.2) is 5.78 Å². The number of carboxylic acid groups (broad SMARTS) is 1. The van der Waals surface area contributed by atoms with Gasteiger partial charge >= 0.3 is 5.97 Å². The minimum Gasteiger partial charge on any atom is -0.497 e. The molecular weight excluding hydrogens is 542 g/mol. The van der Waals surface area contributed by atoms with E-state index in [-0.39, 0.29) is 10.7 Å². The average molecular weight is 574 g/mol. The topological polar surface area (TPSA) is 119 Å². The molecule has 0 fully saturated rings. The quantitative estimate of drug-likeness (QED) is 0.213. The van der Waals surface area contributed by atoms with Crippen LogP contribution in [-0.4, -0.2) is 38.4 Å². The zero-order valence-electron chi connectivity index (χ0n) is 22.9. The monoisotopic (exact) mass is 573 g/mol. The number of ether oxygens (including phenoxy) is 2. The molecule has 4 aromatic carbocycles. The summed E-state index contributed by atoms with van der Waals surface area (Å²) in [4.78, 5) is 24.1. The number of nitrogens with one attached hydrogen (secondary N) is 1. The number of hydrogen-bond acceptors (Lipinski definition) is 6. The van der Waals surface area contributed by atoms with Gasteiger partial charge < -0.3 is 14.6 Å². The molecule has 0 bridgehead atoms. The molecule has 4 aromatic rings. The molecular formula is C32H31NO7S. The van der Waals surface area contributed by atoms with Gasteiger partial charge in [-0.1, -0.05) is 50.2 Å². The number of carbonyl (C=O) groups is 2. The number of carbonyl (C=O) groups excluding carboxylic acids is 1. The third-order valence-electron chi connectivity index (χ3n) is 6.54. The van der Waals surface area contributed by atoms with E-state index < -0.39 is 28.0 Å². The molecule has 8 nitrogen and oxygen atoms in total. The zero-order valence-corrected chi connectivity index (χ0v) is 23.7. The van der Waals surface area contributed by atoms with E-state index in [1.807, 2.05) is 24.3 Å². The number of hydrogen-bond donors (Lipinski definition) is 2. The van der Waals surface area contributed by atoms with Crippen LogP contribution in [0.15, 0.2) is 102 Å². The number of methoxy groups -OCH3 is 1. The predicted molar refractivity (Wildman–Crippen MR) is 156 cm³/mol. The number of rotatable bonds is 12. The van der Waals surface area contributed by atoms with Crippen LogP contribution in [0.2, 0.25) is 0 Å². The fraction of sp³-hybridized carbons (Fsp3) is 0.188. The Balaban J connectivity index is 1.35. The van der Waals surface area contributed by atoms with Crippen LogP contribution in [0.25, 0.3) is 11.1 Å². The van der Waals surface area contributed by atoms with Crippen molar-refractivity contribution in [2.24, 2.45) is 5.92 Å². The highest BCUT2D eigenvalue weighted by molar-refractivity contribution is 7.89. The summed E-state index contributed by atoms with van der Waals surface area (Å²) in [6.07, 6.45) is 0. The molecule has 0 aliphatic carbocycles. The molecule has 9 heteroatoms. The van der Waals surface area contributed by atoms with E-state index in [1.165, 1.54) is 12.1 Å². The Morgan fingerprint density at radius 3 is 1.71 bits per heavy atom. The van der Waals surface area contributed by atoms with Crippen LogP contribution in [0.3, 0.4) is 0 Å². The smallest absolute Gasteiger partial charge is 0.322 e. The fourth-order valence-electron chi connectivity index (χ4n) is 4.11. The van der Waals surface area contributed by atoms with Gasteiger partial charge in [-0.25, -0.2) is 8.42 Å². The van der Waals surface area contributed by atoms with Gasteiger partial charge in [0, 0.05) is 11.1 Å². The van der Waals surface area contributed by atoms with Crippen molar-refractivity contribution in [1.29, 1.82) is 0 Å². The highest BCUT2D eigenvalue weighted by atomic mass is 32.2. The Morgan fingerprint density at radius 1 is 0.756 bits per heavy atom. The van der Waals surface area contributed by atoms with E-state index in [0.717, 1.165) is 16.7 Å². The molecule has 0 amide bonds. The maximum Gasteiger partial charge on any atom is 0.322 e. The second-order valence-electron chi connectivity index (χ2n) is 9.77. The molecule has 0 radical (unpaired) electrons. The second-order valence-corrected chi connectivity index (χ2v) is 11.5. The summed E-state index contributed by atoms with van der Waals surface area (Å²) in [7, 11) is -2.41. The first-order valence-electron chi connectivity index (χ1n) is 12.9. The third kappa shape index (κ3) is 7.39. The lowest BCUT2D eigenvalue weighted by atomic mass is 10.0. The molecule has 0 unspecified atom stereocenters. The second kappa shape index (κ2) is 12.8. The summed E-state index contributed by atoms with van der Waals surface area (Å²) < 4.78 is 38.6. The summed E-state index contributed by atoms with van der Waals surface area (Å²) in [6.45, 7) is 3.61. The van der Waals surface area contributed by atoms with Crippen molar-refractivity contribution < 1.29 is 32.6 Å². The van der Waals surface area contributed by atoms with Crippen LogP contribution in [-0.2, 0) is 21.4 Å². The van der Waals surface area contributed by atoms with E-state index in [0.29, 0.717) is 29.2 Å². The summed E-state index contributed by atoms with van der Waals surface area (Å²) in [5.41, 5.74) is 3.77. The normalized spacial score (nSPS) is 12.1. The lowest BCUT2D eigenvalue weighted by Crippen LogP contribution is -2.44. The van der Waals surface area contributed by atoms with Crippen molar-refractivity contribution >= 4 is 21.8 Å². The molecule has 0 heterocycles. The zero-order chi connectivity index (χ0) is 29.6. The van der Waals surface area contributed by atoms with Crippen molar-refractivity contribution in [2.45, 2.75) is 31.4 Å². The van der Waals surface area contributed by atoms with Crippen LogP contribution in [0.4, 0.5) is 0 Å². The van der Waals surface area contributed by atoms with Gasteiger partial charge in [0.2, 0.25) is 10.0 Å². The number of aliphatic carboxylic acids is 1. The van der Waals surface area contributed by atoms with Crippen LogP contribution in [0.5, 0.6) is 11.5 Å². The van der Waals surface area contributed by atoms with Gasteiger partial charge in [0.25, 0.3) is 0 Å².